The molecule has 2 rings (SSSR count). The Labute approximate surface area is 115 Å². The van der Waals surface area contributed by atoms with Gasteiger partial charge in [0, 0.05) is 42.8 Å². The molecule has 0 bridgehead atoms. The first-order valence-corrected chi connectivity index (χ1v) is 6.61. The van der Waals surface area contributed by atoms with Crippen LogP contribution in [-0.4, -0.2) is 21.4 Å². The molecule has 0 fully saturated rings. The van der Waals surface area contributed by atoms with Crippen LogP contribution in [0.25, 0.3) is 0 Å². The molecule has 0 spiro atoms. The van der Waals surface area contributed by atoms with Gasteiger partial charge in [-0.05, 0) is 24.3 Å². The fraction of sp³-hybridized carbons (Fsp3) is 0.308. The van der Waals surface area contributed by atoms with Gasteiger partial charge in [0.15, 0.2) is 0 Å². The number of hydrogen-bond acceptors (Lipinski definition) is 3. The molecule has 96 valence electrons. The second-order valence-corrected chi connectivity index (χ2v) is 5.10. The molecule has 0 saturated heterocycles. The van der Waals surface area contributed by atoms with Gasteiger partial charge in [0.25, 0.3) is 0 Å². The molecular weight excluding hydrogens is 294 g/mol. The number of halogens is 1. The monoisotopic (exact) mass is 309 g/mol. The summed E-state index contributed by atoms with van der Waals surface area (Å²) in [7, 11) is 1.91. The maximum Gasteiger partial charge on any atom is 0.120 e. The Hall–Kier alpha value is -1.33. The van der Waals surface area contributed by atoms with Crippen LogP contribution in [0, 0.1) is 0 Å². The highest BCUT2D eigenvalue weighted by Gasteiger charge is 2.02. The summed E-state index contributed by atoms with van der Waals surface area (Å²) in [5.41, 5.74) is 1.97. The quantitative estimate of drug-likeness (QED) is 0.833. The minimum Gasteiger partial charge on any atom is -0.508 e. The second kappa shape index (κ2) is 6.02. The van der Waals surface area contributed by atoms with Crippen molar-refractivity contribution in [3.05, 3.63) is 46.2 Å². The van der Waals surface area contributed by atoms with Crippen molar-refractivity contribution in [2.75, 3.05) is 6.54 Å². The van der Waals surface area contributed by atoms with E-state index < -0.39 is 0 Å². The summed E-state index contributed by atoms with van der Waals surface area (Å²) in [5, 5.41) is 17.3. The van der Waals surface area contributed by atoms with Crippen molar-refractivity contribution in [1.29, 1.82) is 0 Å². The van der Waals surface area contributed by atoms with Crippen LogP contribution in [0.5, 0.6) is 5.75 Å². The molecule has 18 heavy (non-hydrogen) atoms. The summed E-state index contributed by atoms with van der Waals surface area (Å²) < 4.78 is 2.77. The molecule has 0 aliphatic rings. The zero-order chi connectivity index (χ0) is 13.0. The summed E-state index contributed by atoms with van der Waals surface area (Å²) in [6.07, 6.45) is 2.82. The fourth-order valence-electron chi connectivity index (χ4n) is 1.73. The Kier molecular flexibility index (Phi) is 4.38. The number of aromatic nitrogens is 2. The lowest BCUT2D eigenvalue weighted by Crippen LogP contribution is -2.17. The van der Waals surface area contributed by atoms with Crippen LogP contribution < -0.4 is 5.32 Å². The largest absolute Gasteiger partial charge is 0.508 e. The lowest BCUT2D eigenvalue weighted by molar-refractivity contribution is 0.464. The Morgan fingerprint density at radius 1 is 1.39 bits per heavy atom. The summed E-state index contributed by atoms with van der Waals surface area (Å²) in [6, 6.07) is 7.45. The highest BCUT2D eigenvalue weighted by Crippen LogP contribution is 2.21. The molecule has 2 N–H and O–H groups in total. The van der Waals surface area contributed by atoms with Crippen LogP contribution >= 0.6 is 15.9 Å². The normalized spacial score (nSPS) is 10.8. The van der Waals surface area contributed by atoms with Crippen molar-refractivity contribution in [3.8, 4) is 5.75 Å². The van der Waals surface area contributed by atoms with Crippen molar-refractivity contribution < 1.29 is 5.11 Å². The second-order valence-electron chi connectivity index (χ2n) is 4.18. The van der Waals surface area contributed by atoms with Gasteiger partial charge >= 0.3 is 0 Å². The standard InChI is InChI=1S/C13H16BrN3O/c1-17-7-5-12(16-17)4-6-15-9-10-8-11(14)2-3-13(10)18/h2-3,5,7-8,15,18H,4,6,9H2,1H3. The molecule has 2 aromatic rings. The summed E-state index contributed by atoms with van der Waals surface area (Å²) >= 11 is 3.39. The molecule has 0 atom stereocenters. The van der Waals surface area contributed by atoms with Crippen LogP contribution in [0.15, 0.2) is 34.9 Å². The molecule has 4 nitrogen and oxygen atoms in total. The average Bonchev–Trinajstić information content (AvgIpc) is 2.75. The highest BCUT2D eigenvalue weighted by molar-refractivity contribution is 9.10. The van der Waals surface area contributed by atoms with Crippen LogP contribution in [0.4, 0.5) is 0 Å². The molecule has 0 amide bonds. The van der Waals surface area contributed by atoms with Gasteiger partial charge < -0.3 is 10.4 Å². The number of benzene rings is 1. The van der Waals surface area contributed by atoms with Gasteiger partial charge in [0.05, 0.1) is 5.69 Å². The predicted octanol–water partition coefficient (Wildman–Crippen LogP) is 2.22. The molecule has 1 aromatic heterocycles. The summed E-state index contributed by atoms with van der Waals surface area (Å²) in [4.78, 5) is 0. The third-order valence-corrected chi connectivity index (χ3v) is 3.18. The van der Waals surface area contributed by atoms with E-state index in [1.807, 2.05) is 31.4 Å². The van der Waals surface area contributed by atoms with Gasteiger partial charge in [0.2, 0.25) is 0 Å². The van der Waals surface area contributed by atoms with Crippen molar-refractivity contribution in [2.45, 2.75) is 13.0 Å². The van der Waals surface area contributed by atoms with E-state index in [1.165, 1.54) is 0 Å². The molecule has 0 unspecified atom stereocenters. The Morgan fingerprint density at radius 3 is 2.94 bits per heavy atom. The molecule has 0 aliphatic carbocycles. The first kappa shape index (κ1) is 13.1. The van der Waals surface area contributed by atoms with Crippen LogP contribution in [-0.2, 0) is 20.0 Å². The van der Waals surface area contributed by atoms with Crippen LogP contribution in [0.3, 0.4) is 0 Å². The van der Waals surface area contributed by atoms with Gasteiger partial charge in [-0.25, -0.2) is 0 Å². The number of phenols is 1. The zero-order valence-electron chi connectivity index (χ0n) is 10.2. The Balaban J connectivity index is 1.80. The van der Waals surface area contributed by atoms with E-state index in [1.54, 1.807) is 10.7 Å². The summed E-state index contributed by atoms with van der Waals surface area (Å²) in [5.74, 6) is 0.323. The molecule has 0 saturated carbocycles. The third-order valence-electron chi connectivity index (χ3n) is 2.68. The lowest BCUT2D eigenvalue weighted by atomic mass is 10.2. The van der Waals surface area contributed by atoms with E-state index in [0.717, 1.165) is 28.7 Å². The van der Waals surface area contributed by atoms with Crippen molar-refractivity contribution in [3.63, 3.8) is 0 Å². The maximum atomic E-state index is 9.68. The molecule has 0 radical (unpaired) electrons. The Bertz CT molecular complexity index is 525. The number of rotatable bonds is 5. The van der Waals surface area contributed by atoms with Gasteiger partial charge in [-0.3, -0.25) is 4.68 Å². The molecular formula is C13H16BrN3O. The SMILES string of the molecule is Cn1ccc(CCNCc2cc(Br)ccc2O)n1. The fourth-order valence-corrected chi connectivity index (χ4v) is 2.14. The highest BCUT2D eigenvalue weighted by atomic mass is 79.9. The van der Waals surface area contributed by atoms with Crippen molar-refractivity contribution in [2.24, 2.45) is 7.05 Å². The maximum absolute atomic E-state index is 9.68. The number of phenolic OH excluding ortho intramolecular Hbond substituents is 1. The van der Waals surface area contributed by atoms with Crippen molar-refractivity contribution in [1.82, 2.24) is 15.1 Å². The van der Waals surface area contributed by atoms with Crippen LogP contribution in [0.1, 0.15) is 11.3 Å². The zero-order valence-corrected chi connectivity index (χ0v) is 11.8. The summed E-state index contributed by atoms with van der Waals surface area (Å²) in [6.45, 7) is 1.49. The van der Waals surface area contributed by atoms with E-state index in [2.05, 4.69) is 26.3 Å². The topological polar surface area (TPSA) is 50.1 Å². The Morgan fingerprint density at radius 2 is 2.22 bits per heavy atom. The predicted molar refractivity (Wildman–Crippen MR) is 74.4 cm³/mol. The molecule has 1 aromatic carbocycles. The molecule has 5 heteroatoms. The van der Waals surface area contributed by atoms with Gasteiger partial charge in [-0.1, -0.05) is 15.9 Å². The van der Waals surface area contributed by atoms with E-state index in [9.17, 15) is 5.11 Å². The van der Waals surface area contributed by atoms with E-state index in [4.69, 9.17) is 0 Å². The minimum atomic E-state index is 0.323. The average molecular weight is 310 g/mol. The number of aromatic hydroxyl groups is 1. The smallest absolute Gasteiger partial charge is 0.120 e. The minimum absolute atomic E-state index is 0.323. The first-order valence-electron chi connectivity index (χ1n) is 5.82. The van der Waals surface area contributed by atoms with E-state index in [-0.39, 0.29) is 0 Å². The number of nitrogens with zero attached hydrogens (tertiary/aromatic N) is 2. The van der Waals surface area contributed by atoms with Gasteiger partial charge in [-0.15, -0.1) is 0 Å². The first-order chi connectivity index (χ1) is 8.65. The van der Waals surface area contributed by atoms with Gasteiger partial charge in [-0.2, -0.15) is 5.10 Å². The lowest BCUT2D eigenvalue weighted by Gasteiger charge is -2.06. The number of nitrogens with one attached hydrogen (secondary N) is 1. The van der Waals surface area contributed by atoms with Crippen LogP contribution in [0.2, 0.25) is 0 Å². The molecule has 0 aliphatic heterocycles. The number of hydrogen-bond donors (Lipinski definition) is 2. The molecule has 1 heterocycles. The van der Waals surface area contributed by atoms with E-state index >= 15 is 0 Å². The van der Waals surface area contributed by atoms with E-state index in [0.29, 0.717) is 12.3 Å². The van der Waals surface area contributed by atoms with Crippen molar-refractivity contribution >= 4 is 15.9 Å². The van der Waals surface area contributed by atoms with Gasteiger partial charge in [0.1, 0.15) is 5.75 Å². The number of aryl methyl sites for hydroxylation is 1. The third kappa shape index (κ3) is 3.58.